The summed E-state index contributed by atoms with van der Waals surface area (Å²) in [4.78, 5) is 0. The molecule has 0 radical (unpaired) electrons. The Balaban J connectivity index is 2.04. The maximum atomic E-state index is 12.1. The maximum Gasteiger partial charge on any atom is 0.214 e. The smallest absolute Gasteiger partial charge is 0.214 e. The predicted molar refractivity (Wildman–Crippen MR) is 70.7 cm³/mol. The van der Waals surface area contributed by atoms with E-state index in [2.05, 4.69) is 6.07 Å². The zero-order valence-corrected chi connectivity index (χ0v) is 11.2. The summed E-state index contributed by atoms with van der Waals surface area (Å²) < 4.78 is 25.8. The number of hydrogen-bond acceptors (Lipinski definition) is 3. The van der Waals surface area contributed by atoms with Crippen LogP contribution in [0.4, 0.5) is 0 Å². The molecular weight excluding hydrogens is 250 g/mol. The molecule has 1 aromatic carbocycles. The first-order chi connectivity index (χ1) is 8.63. The minimum atomic E-state index is -3.18. The number of fused-ring (bicyclic) bond motifs is 1. The zero-order chi connectivity index (χ0) is 13.0. The molecule has 0 saturated heterocycles. The third-order valence-electron chi connectivity index (χ3n) is 3.30. The van der Waals surface area contributed by atoms with Gasteiger partial charge in [0.25, 0.3) is 0 Å². The molecule has 18 heavy (non-hydrogen) atoms. The highest BCUT2D eigenvalue weighted by atomic mass is 32.2. The van der Waals surface area contributed by atoms with Crippen LogP contribution in [0, 0.1) is 0 Å². The van der Waals surface area contributed by atoms with E-state index in [1.165, 1.54) is 5.56 Å². The van der Waals surface area contributed by atoms with E-state index < -0.39 is 10.0 Å². The van der Waals surface area contributed by atoms with Crippen LogP contribution in [0.1, 0.15) is 24.0 Å². The van der Waals surface area contributed by atoms with Crippen LogP contribution in [-0.4, -0.2) is 36.7 Å². The molecule has 1 aromatic rings. The molecule has 0 aliphatic carbocycles. The van der Waals surface area contributed by atoms with Gasteiger partial charge in [0, 0.05) is 19.7 Å². The number of aliphatic hydroxyl groups is 1. The Morgan fingerprint density at radius 1 is 1.17 bits per heavy atom. The van der Waals surface area contributed by atoms with Gasteiger partial charge in [-0.1, -0.05) is 24.3 Å². The Bertz CT molecular complexity index is 499. The van der Waals surface area contributed by atoms with Gasteiger partial charge in [-0.25, -0.2) is 8.42 Å². The molecule has 0 bridgehead atoms. The van der Waals surface area contributed by atoms with Crippen LogP contribution in [0.25, 0.3) is 0 Å². The van der Waals surface area contributed by atoms with Crippen molar-refractivity contribution in [1.82, 2.24) is 4.31 Å². The minimum Gasteiger partial charge on any atom is -0.396 e. The predicted octanol–water partition coefficient (Wildman–Crippen LogP) is 1.15. The Morgan fingerprint density at radius 2 is 1.89 bits per heavy atom. The van der Waals surface area contributed by atoms with E-state index in [0.29, 0.717) is 25.9 Å². The van der Waals surface area contributed by atoms with Gasteiger partial charge in [-0.2, -0.15) is 4.31 Å². The molecule has 1 N–H and O–H groups in total. The highest BCUT2D eigenvalue weighted by molar-refractivity contribution is 7.89. The van der Waals surface area contributed by atoms with Crippen LogP contribution in [0.3, 0.4) is 0 Å². The van der Waals surface area contributed by atoms with Crippen LogP contribution in [0.2, 0.25) is 0 Å². The monoisotopic (exact) mass is 269 g/mol. The summed E-state index contributed by atoms with van der Waals surface area (Å²) in [5.41, 5.74) is 2.36. The van der Waals surface area contributed by atoms with Crippen molar-refractivity contribution in [2.75, 3.05) is 18.9 Å². The Kier molecular flexibility index (Phi) is 4.37. The van der Waals surface area contributed by atoms with Crippen molar-refractivity contribution in [3.63, 3.8) is 0 Å². The Labute approximate surface area is 108 Å². The second-order valence-corrected chi connectivity index (χ2v) is 6.69. The third kappa shape index (κ3) is 3.10. The van der Waals surface area contributed by atoms with E-state index >= 15 is 0 Å². The summed E-state index contributed by atoms with van der Waals surface area (Å²) in [6, 6.07) is 7.99. The summed E-state index contributed by atoms with van der Waals surface area (Å²) in [5, 5.41) is 8.70. The van der Waals surface area contributed by atoms with Gasteiger partial charge in [-0.05, 0) is 30.4 Å². The van der Waals surface area contributed by atoms with Gasteiger partial charge in [-0.3, -0.25) is 0 Å². The molecule has 100 valence electrons. The Morgan fingerprint density at radius 3 is 2.61 bits per heavy atom. The van der Waals surface area contributed by atoms with Crippen LogP contribution >= 0.6 is 0 Å². The first kappa shape index (κ1) is 13.5. The molecule has 0 fully saturated rings. The molecule has 0 saturated carbocycles. The quantitative estimate of drug-likeness (QED) is 0.816. The van der Waals surface area contributed by atoms with Crippen molar-refractivity contribution >= 4 is 10.0 Å². The average Bonchev–Trinajstić information content (AvgIpc) is 2.38. The molecule has 0 atom stereocenters. The highest BCUT2D eigenvalue weighted by Crippen LogP contribution is 2.21. The molecule has 1 aliphatic rings. The first-order valence-electron chi connectivity index (χ1n) is 6.29. The molecule has 0 unspecified atom stereocenters. The number of nitrogens with zero attached hydrogens (tertiary/aromatic N) is 1. The summed E-state index contributed by atoms with van der Waals surface area (Å²) in [6.45, 7) is 1.11. The molecular formula is C13H19NO3S. The minimum absolute atomic E-state index is 0.0539. The molecule has 0 aromatic heterocycles. The average molecular weight is 269 g/mol. The number of rotatable bonds is 5. The number of hydrogen-bond donors (Lipinski definition) is 1. The van der Waals surface area contributed by atoms with E-state index in [-0.39, 0.29) is 12.4 Å². The molecule has 0 spiro atoms. The second kappa shape index (κ2) is 5.82. The number of unbranched alkanes of at least 4 members (excludes halogenated alkanes) is 1. The number of aliphatic hydroxyl groups excluding tert-OH is 1. The van der Waals surface area contributed by atoms with Crippen LogP contribution < -0.4 is 0 Å². The van der Waals surface area contributed by atoms with Crippen molar-refractivity contribution in [2.24, 2.45) is 0 Å². The van der Waals surface area contributed by atoms with Crippen molar-refractivity contribution in [3.05, 3.63) is 35.4 Å². The van der Waals surface area contributed by atoms with Gasteiger partial charge < -0.3 is 5.11 Å². The van der Waals surface area contributed by atoms with Crippen molar-refractivity contribution in [1.29, 1.82) is 0 Å². The zero-order valence-electron chi connectivity index (χ0n) is 10.4. The topological polar surface area (TPSA) is 57.6 Å². The fourth-order valence-corrected chi connectivity index (χ4v) is 3.77. The third-order valence-corrected chi connectivity index (χ3v) is 5.20. The molecule has 5 heteroatoms. The van der Waals surface area contributed by atoms with E-state index in [1.54, 1.807) is 4.31 Å². The van der Waals surface area contributed by atoms with Gasteiger partial charge in [0.2, 0.25) is 10.0 Å². The fourth-order valence-electron chi connectivity index (χ4n) is 2.23. The summed E-state index contributed by atoms with van der Waals surface area (Å²) in [7, 11) is -3.18. The lowest BCUT2D eigenvalue weighted by Crippen LogP contribution is -2.37. The van der Waals surface area contributed by atoms with Gasteiger partial charge in [0.05, 0.1) is 5.75 Å². The van der Waals surface area contributed by atoms with Gasteiger partial charge >= 0.3 is 0 Å². The van der Waals surface area contributed by atoms with Crippen LogP contribution in [-0.2, 0) is 23.0 Å². The van der Waals surface area contributed by atoms with Crippen molar-refractivity contribution in [3.8, 4) is 0 Å². The fraction of sp³-hybridized carbons (Fsp3) is 0.538. The first-order valence-corrected chi connectivity index (χ1v) is 7.90. The molecule has 1 heterocycles. The largest absolute Gasteiger partial charge is 0.396 e. The van der Waals surface area contributed by atoms with E-state index in [4.69, 9.17) is 5.11 Å². The molecule has 2 rings (SSSR count). The summed E-state index contributed by atoms with van der Waals surface area (Å²) in [5.74, 6) is 0.135. The summed E-state index contributed by atoms with van der Waals surface area (Å²) >= 11 is 0. The van der Waals surface area contributed by atoms with Gasteiger partial charge in [0.15, 0.2) is 0 Å². The lowest BCUT2D eigenvalue weighted by molar-refractivity contribution is 0.286. The Hall–Kier alpha value is -0.910. The van der Waals surface area contributed by atoms with E-state index in [9.17, 15) is 8.42 Å². The number of sulfonamides is 1. The van der Waals surface area contributed by atoms with Crippen LogP contribution in [0.15, 0.2) is 24.3 Å². The van der Waals surface area contributed by atoms with Gasteiger partial charge in [0.1, 0.15) is 0 Å². The maximum absolute atomic E-state index is 12.1. The molecule has 1 aliphatic heterocycles. The van der Waals surface area contributed by atoms with Crippen molar-refractivity contribution in [2.45, 2.75) is 25.8 Å². The SMILES string of the molecule is O=S(=O)(CCCCO)N1CCc2ccccc2C1. The second-order valence-electron chi connectivity index (χ2n) is 4.60. The lowest BCUT2D eigenvalue weighted by atomic mass is 10.0. The lowest BCUT2D eigenvalue weighted by Gasteiger charge is -2.28. The summed E-state index contributed by atoms with van der Waals surface area (Å²) in [6.07, 6.45) is 1.86. The van der Waals surface area contributed by atoms with E-state index in [0.717, 1.165) is 12.0 Å². The van der Waals surface area contributed by atoms with Crippen LogP contribution in [0.5, 0.6) is 0 Å². The molecule has 4 nitrogen and oxygen atoms in total. The van der Waals surface area contributed by atoms with Gasteiger partial charge in [-0.15, -0.1) is 0 Å². The molecule has 0 amide bonds. The number of benzene rings is 1. The van der Waals surface area contributed by atoms with E-state index in [1.807, 2.05) is 18.2 Å². The normalized spacial score (nSPS) is 16.5. The van der Waals surface area contributed by atoms with Crippen molar-refractivity contribution < 1.29 is 13.5 Å². The highest BCUT2D eigenvalue weighted by Gasteiger charge is 2.25. The standard InChI is InChI=1S/C13H19NO3S/c15-9-3-4-10-18(16,17)14-8-7-12-5-1-2-6-13(12)11-14/h1-2,5-6,15H,3-4,7-11H2.